The molecule has 0 unspecified atom stereocenters. The fourth-order valence-electron chi connectivity index (χ4n) is 3.06. The van der Waals surface area contributed by atoms with Crippen LogP contribution in [0.15, 0.2) is 34.6 Å². The molecule has 0 saturated heterocycles. The van der Waals surface area contributed by atoms with Gasteiger partial charge in [0.25, 0.3) is 0 Å². The first-order chi connectivity index (χ1) is 13.0. The number of nitrogens with one attached hydrogen (secondary N) is 2. The van der Waals surface area contributed by atoms with E-state index >= 15 is 0 Å². The predicted octanol–water partition coefficient (Wildman–Crippen LogP) is 1.55. The minimum atomic E-state index is -3.36. The van der Waals surface area contributed by atoms with E-state index in [1.54, 1.807) is 18.4 Å². The zero-order valence-corrected chi connectivity index (χ0v) is 17.2. The highest BCUT2D eigenvalue weighted by Crippen LogP contribution is 2.29. The molecule has 7 nitrogen and oxygen atoms in total. The lowest BCUT2D eigenvalue weighted by Crippen LogP contribution is -2.42. The molecule has 0 radical (unpaired) electrons. The summed E-state index contributed by atoms with van der Waals surface area (Å²) in [6.07, 6.45) is 1.57. The predicted molar refractivity (Wildman–Crippen MR) is 111 cm³/mol. The Bertz CT molecular complexity index is 908. The van der Waals surface area contributed by atoms with Crippen LogP contribution in [0.4, 0.5) is 5.69 Å². The van der Waals surface area contributed by atoms with E-state index in [9.17, 15) is 8.42 Å². The molecule has 1 aromatic heterocycles. The van der Waals surface area contributed by atoms with Gasteiger partial charge in [-0.3, -0.25) is 9.30 Å². The Balaban J connectivity index is 1.46. The molecule has 1 aliphatic heterocycles. The summed E-state index contributed by atoms with van der Waals surface area (Å²) in [6.45, 7) is 3.49. The quantitative estimate of drug-likeness (QED) is 0.537. The van der Waals surface area contributed by atoms with Crippen LogP contribution in [-0.2, 0) is 22.9 Å². The van der Waals surface area contributed by atoms with Crippen LogP contribution in [-0.4, -0.2) is 51.8 Å². The van der Waals surface area contributed by atoms with E-state index in [1.807, 2.05) is 36.6 Å². The largest absolute Gasteiger partial charge is 0.356 e. The van der Waals surface area contributed by atoms with Gasteiger partial charge in [0.1, 0.15) is 0 Å². The summed E-state index contributed by atoms with van der Waals surface area (Å²) in [5.74, 6) is 0.617. The van der Waals surface area contributed by atoms with Crippen LogP contribution < -0.4 is 14.9 Å². The van der Waals surface area contributed by atoms with Crippen LogP contribution in [0.25, 0.3) is 0 Å². The van der Waals surface area contributed by atoms with E-state index in [2.05, 4.69) is 20.6 Å². The van der Waals surface area contributed by atoms with Crippen LogP contribution in [0.1, 0.15) is 16.3 Å². The van der Waals surface area contributed by atoms with Crippen molar-refractivity contribution in [2.75, 3.05) is 36.7 Å². The van der Waals surface area contributed by atoms with Gasteiger partial charge in [-0.05, 0) is 25.0 Å². The molecule has 27 heavy (non-hydrogen) atoms. The van der Waals surface area contributed by atoms with Crippen molar-refractivity contribution >= 4 is 33.0 Å². The van der Waals surface area contributed by atoms with Crippen LogP contribution in [0.5, 0.6) is 0 Å². The number of para-hydroxylation sites is 1. The normalized spacial score (nSPS) is 14.3. The molecule has 0 saturated carbocycles. The van der Waals surface area contributed by atoms with Gasteiger partial charge in [0.15, 0.2) is 5.96 Å². The molecule has 1 aromatic carbocycles. The molecule has 0 atom stereocenters. The number of aromatic nitrogens is 1. The number of hydrogen-bond donors (Lipinski definition) is 2. The summed E-state index contributed by atoms with van der Waals surface area (Å²) in [5.41, 5.74) is 2.94. The van der Waals surface area contributed by atoms with Crippen LogP contribution in [0.3, 0.4) is 0 Å². The third-order valence-electron chi connectivity index (χ3n) is 4.40. The zero-order chi connectivity index (χ0) is 19.3. The Kier molecular flexibility index (Phi) is 6.33. The van der Waals surface area contributed by atoms with Crippen molar-refractivity contribution in [3.05, 3.63) is 45.9 Å². The highest BCUT2D eigenvalue weighted by Gasteiger charge is 2.28. The number of thiazole rings is 1. The van der Waals surface area contributed by atoms with Gasteiger partial charge in [-0.15, -0.1) is 11.3 Å². The number of hydrogen-bond acceptors (Lipinski definition) is 5. The molecule has 2 heterocycles. The smallest absolute Gasteiger partial charge is 0.236 e. The second-order valence-corrected chi connectivity index (χ2v) is 9.38. The Morgan fingerprint density at radius 1 is 1.30 bits per heavy atom. The van der Waals surface area contributed by atoms with Crippen molar-refractivity contribution in [1.29, 1.82) is 0 Å². The third kappa shape index (κ3) is 4.98. The maximum absolute atomic E-state index is 12.7. The molecule has 0 aliphatic carbocycles. The molecular weight excluding hydrogens is 382 g/mol. The molecule has 0 bridgehead atoms. The van der Waals surface area contributed by atoms with E-state index in [0.717, 1.165) is 34.8 Å². The summed E-state index contributed by atoms with van der Waals surface area (Å²) in [6, 6.07) is 7.67. The maximum Gasteiger partial charge on any atom is 0.236 e. The number of rotatable bonds is 7. The summed E-state index contributed by atoms with van der Waals surface area (Å²) >= 11 is 1.64. The van der Waals surface area contributed by atoms with Crippen molar-refractivity contribution in [2.45, 2.75) is 19.8 Å². The number of benzene rings is 1. The number of sulfonamides is 1. The van der Waals surface area contributed by atoms with Crippen LogP contribution in [0.2, 0.25) is 0 Å². The first kappa shape index (κ1) is 19.6. The fourth-order valence-corrected chi connectivity index (χ4v) is 5.13. The third-order valence-corrected chi connectivity index (χ3v) is 6.99. The lowest BCUT2D eigenvalue weighted by Gasteiger charge is -2.20. The molecule has 0 amide bonds. The lowest BCUT2D eigenvalue weighted by molar-refractivity contribution is 0.591. The Morgan fingerprint density at radius 3 is 2.81 bits per heavy atom. The molecule has 1 aliphatic rings. The van der Waals surface area contributed by atoms with Crippen LogP contribution >= 0.6 is 11.3 Å². The molecule has 146 valence electrons. The SMILES string of the molecule is CN=C(NCCc1csc(C)n1)NCCS(=O)(=O)N1CCc2ccccc21. The number of nitrogens with zero attached hydrogens (tertiary/aromatic N) is 3. The Morgan fingerprint density at radius 2 is 2.07 bits per heavy atom. The van der Waals surface area contributed by atoms with E-state index in [4.69, 9.17) is 0 Å². The average molecular weight is 408 g/mol. The van der Waals surface area contributed by atoms with Gasteiger partial charge in [0.05, 0.1) is 22.1 Å². The van der Waals surface area contributed by atoms with Crippen LogP contribution in [0, 0.1) is 6.92 Å². The van der Waals surface area contributed by atoms with Gasteiger partial charge >= 0.3 is 0 Å². The minimum Gasteiger partial charge on any atom is -0.356 e. The maximum atomic E-state index is 12.7. The van der Waals surface area contributed by atoms with Gasteiger partial charge in [0, 0.05) is 38.5 Å². The molecule has 2 aromatic rings. The second kappa shape index (κ2) is 8.71. The number of fused-ring (bicyclic) bond motifs is 1. The number of guanidine groups is 1. The Hall–Kier alpha value is -2.13. The molecular formula is C18H25N5O2S2. The first-order valence-corrected chi connectivity index (χ1v) is 11.4. The van der Waals surface area contributed by atoms with Gasteiger partial charge < -0.3 is 10.6 Å². The minimum absolute atomic E-state index is 0.0211. The van der Waals surface area contributed by atoms with E-state index in [-0.39, 0.29) is 5.75 Å². The van der Waals surface area contributed by atoms with Crippen molar-refractivity contribution < 1.29 is 8.42 Å². The van der Waals surface area contributed by atoms with E-state index in [0.29, 0.717) is 25.6 Å². The number of anilines is 1. The van der Waals surface area contributed by atoms with Crippen molar-refractivity contribution in [3.8, 4) is 0 Å². The van der Waals surface area contributed by atoms with Gasteiger partial charge in [0.2, 0.25) is 10.0 Å². The molecule has 3 rings (SSSR count). The topological polar surface area (TPSA) is 86.7 Å². The van der Waals surface area contributed by atoms with Crippen molar-refractivity contribution in [1.82, 2.24) is 15.6 Å². The second-order valence-electron chi connectivity index (χ2n) is 6.30. The lowest BCUT2D eigenvalue weighted by atomic mass is 10.2. The molecule has 0 fully saturated rings. The summed E-state index contributed by atoms with van der Waals surface area (Å²) in [7, 11) is -1.68. The summed E-state index contributed by atoms with van der Waals surface area (Å²) < 4.78 is 26.9. The van der Waals surface area contributed by atoms with Crippen molar-refractivity contribution in [2.24, 2.45) is 4.99 Å². The van der Waals surface area contributed by atoms with Gasteiger partial charge in [-0.25, -0.2) is 13.4 Å². The number of aliphatic imine (C=N–C) groups is 1. The summed E-state index contributed by atoms with van der Waals surface area (Å²) in [5, 5.41) is 9.38. The van der Waals surface area contributed by atoms with Gasteiger partial charge in [-0.1, -0.05) is 18.2 Å². The zero-order valence-electron chi connectivity index (χ0n) is 15.6. The van der Waals surface area contributed by atoms with E-state index < -0.39 is 10.0 Å². The Labute approximate surface area is 164 Å². The van der Waals surface area contributed by atoms with E-state index in [1.165, 1.54) is 4.31 Å². The average Bonchev–Trinajstić information content (AvgIpc) is 3.26. The molecule has 2 N–H and O–H groups in total. The van der Waals surface area contributed by atoms with Crippen molar-refractivity contribution in [3.63, 3.8) is 0 Å². The standard InChI is InChI=1S/C18H25N5O2S2/c1-14-22-16(13-26-14)7-9-20-18(19-2)21-10-12-27(24,25)23-11-8-15-5-3-4-6-17(15)23/h3-6,13H,7-12H2,1-2H3,(H2,19,20,21). The fraction of sp³-hybridized carbons (Fsp3) is 0.444. The monoisotopic (exact) mass is 407 g/mol. The number of aryl methyl sites for hydroxylation is 1. The highest BCUT2D eigenvalue weighted by atomic mass is 32.2. The molecule has 9 heteroatoms. The first-order valence-electron chi connectivity index (χ1n) is 8.93. The summed E-state index contributed by atoms with van der Waals surface area (Å²) in [4.78, 5) is 8.57. The van der Waals surface area contributed by atoms with Gasteiger partial charge in [-0.2, -0.15) is 0 Å². The highest BCUT2D eigenvalue weighted by molar-refractivity contribution is 7.92. The molecule has 0 spiro atoms.